The van der Waals surface area contributed by atoms with E-state index in [1.165, 1.54) is 11.1 Å². The molecule has 1 saturated heterocycles. The van der Waals surface area contributed by atoms with Crippen LogP contribution in [0.25, 0.3) is 0 Å². The van der Waals surface area contributed by atoms with Gasteiger partial charge in [0.2, 0.25) is 0 Å². The lowest BCUT2D eigenvalue weighted by molar-refractivity contribution is -0.0301. The summed E-state index contributed by atoms with van der Waals surface area (Å²) in [4.78, 5) is 15.0. The third-order valence-electron chi connectivity index (χ3n) is 5.16. The van der Waals surface area contributed by atoms with Gasteiger partial charge in [-0.15, -0.1) is 0 Å². The molecule has 0 bridgehead atoms. The predicted molar refractivity (Wildman–Crippen MR) is 109 cm³/mol. The zero-order valence-corrected chi connectivity index (χ0v) is 16.6. The number of nitrogens with one attached hydrogen (secondary N) is 1. The topological polar surface area (TPSA) is 41.6 Å². The normalized spacial score (nSPS) is 17.7. The van der Waals surface area contributed by atoms with E-state index in [1.54, 1.807) is 0 Å². The summed E-state index contributed by atoms with van der Waals surface area (Å²) >= 11 is 0. The Hall–Kier alpha value is -2.17. The van der Waals surface area contributed by atoms with Gasteiger partial charge in [0.25, 0.3) is 5.91 Å². The lowest BCUT2D eigenvalue weighted by Crippen LogP contribution is -2.39. The number of amides is 1. The Bertz CT molecular complexity index is 750. The quantitative estimate of drug-likeness (QED) is 0.791. The molecule has 2 aromatic rings. The van der Waals surface area contributed by atoms with E-state index < -0.39 is 0 Å². The van der Waals surface area contributed by atoms with Crippen LogP contribution >= 0.6 is 0 Å². The monoisotopic (exact) mass is 366 g/mol. The molecule has 0 aliphatic carbocycles. The van der Waals surface area contributed by atoms with Crippen molar-refractivity contribution in [3.63, 3.8) is 0 Å². The largest absolute Gasteiger partial charge is 0.371 e. The molecule has 1 heterocycles. The zero-order valence-electron chi connectivity index (χ0n) is 16.6. The highest BCUT2D eigenvalue weighted by Gasteiger charge is 2.21. The predicted octanol–water partition coefficient (Wildman–Crippen LogP) is 3.81. The van der Waals surface area contributed by atoms with Gasteiger partial charge in [-0.05, 0) is 43.9 Å². The molecule has 2 aromatic carbocycles. The molecule has 4 nitrogen and oxygen atoms in total. The number of carbonyl (C=O) groups excluding carboxylic acids is 1. The van der Waals surface area contributed by atoms with Gasteiger partial charge in [-0.25, -0.2) is 0 Å². The second kappa shape index (κ2) is 9.16. The van der Waals surface area contributed by atoms with Crippen molar-refractivity contribution in [2.45, 2.75) is 33.3 Å². The number of rotatable bonds is 6. The molecule has 0 unspecified atom stereocenters. The fourth-order valence-corrected chi connectivity index (χ4v) is 3.91. The summed E-state index contributed by atoms with van der Waals surface area (Å²) in [6.07, 6.45) is 1.09. The van der Waals surface area contributed by atoms with Crippen LogP contribution in [0.15, 0.2) is 42.5 Å². The lowest BCUT2D eigenvalue weighted by Gasteiger charge is -2.33. The summed E-state index contributed by atoms with van der Waals surface area (Å²) in [5.74, 6) is 0.0362. The van der Waals surface area contributed by atoms with Gasteiger partial charge in [0.15, 0.2) is 0 Å². The van der Waals surface area contributed by atoms with E-state index >= 15 is 0 Å². The standard InChI is InChI=1S/C23H30N2O2/c1-17-14-18(2)22(19(3)15-17)23(26)24-10-7-11-25-12-13-27-21(16-25)20-8-5-4-6-9-20/h4-6,8-9,14-15,21H,7,10-13,16H2,1-3H3,(H,24,26)/t21-/m1/s1. The molecular weight excluding hydrogens is 336 g/mol. The van der Waals surface area contributed by atoms with E-state index in [4.69, 9.17) is 4.74 Å². The second-order valence-corrected chi connectivity index (χ2v) is 7.45. The Morgan fingerprint density at radius 1 is 1.15 bits per heavy atom. The van der Waals surface area contributed by atoms with Gasteiger partial charge in [0.05, 0.1) is 12.7 Å². The molecule has 0 radical (unpaired) electrons. The SMILES string of the molecule is Cc1cc(C)c(C(=O)NCCCN2CCO[C@@H](c3ccccc3)C2)c(C)c1. The Labute approximate surface area is 162 Å². The second-order valence-electron chi connectivity index (χ2n) is 7.45. The Kier molecular flexibility index (Phi) is 6.64. The summed E-state index contributed by atoms with van der Waals surface area (Å²) in [5, 5.41) is 3.09. The number of hydrogen-bond donors (Lipinski definition) is 1. The van der Waals surface area contributed by atoms with Gasteiger partial charge in [-0.1, -0.05) is 48.0 Å². The average Bonchev–Trinajstić information content (AvgIpc) is 2.65. The highest BCUT2D eigenvalue weighted by molar-refractivity contribution is 5.97. The number of carbonyl (C=O) groups is 1. The highest BCUT2D eigenvalue weighted by atomic mass is 16.5. The van der Waals surface area contributed by atoms with E-state index in [1.807, 2.05) is 19.9 Å². The average molecular weight is 367 g/mol. The molecular formula is C23H30N2O2. The molecule has 1 fully saturated rings. The smallest absolute Gasteiger partial charge is 0.251 e. The van der Waals surface area contributed by atoms with E-state index in [0.29, 0.717) is 6.54 Å². The minimum absolute atomic E-state index is 0.0362. The molecule has 0 aromatic heterocycles. The van der Waals surface area contributed by atoms with E-state index in [-0.39, 0.29) is 12.0 Å². The van der Waals surface area contributed by atoms with E-state index in [9.17, 15) is 4.79 Å². The third-order valence-corrected chi connectivity index (χ3v) is 5.16. The van der Waals surface area contributed by atoms with Gasteiger partial charge >= 0.3 is 0 Å². The summed E-state index contributed by atoms with van der Waals surface area (Å²) in [7, 11) is 0. The number of nitrogens with zero attached hydrogens (tertiary/aromatic N) is 1. The molecule has 1 atom stereocenters. The number of benzene rings is 2. The van der Waals surface area contributed by atoms with Gasteiger partial charge in [-0.3, -0.25) is 9.69 Å². The van der Waals surface area contributed by atoms with Crippen LogP contribution in [0.1, 0.15) is 45.1 Å². The number of ether oxygens (including phenoxy) is 1. The maximum atomic E-state index is 12.5. The highest BCUT2D eigenvalue weighted by Crippen LogP contribution is 2.22. The van der Waals surface area contributed by atoms with Crippen LogP contribution in [0.4, 0.5) is 0 Å². The number of hydrogen-bond acceptors (Lipinski definition) is 3. The Morgan fingerprint density at radius 3 is 2.56 bits per heavy atom. The van der Waals surface area contributed by atoms with E-state index in [0.717, 1.165) is 49.4 Å². The van der Waals surface area contributed by atoms with Crippen molar-refractivity contribution in [1.82, 2.24) is 10.2 Å². The third kappa shape index (κ3) is 5.18. The van der Waals surface area contributed by atoms with Crippen LogP contribution in [0, 0.1) is 20.8 Å². The Morgan fingerprint density at radius 2 is 1.85 bits per heavy atom. The van der Waals surface area contributed by atoms with Crippen molar-refractivity contribution in [1.29, 1.82) is 0 Å². The van der Waals surface area contributed by atoms with Crippen LogP contribution in [0.5, 0.6) is 0 Å². The van der Waals surface area contributed by atoms with Crippen LogP contribution in [-0.4, -0.2) is 43.6 Å². The van der Waals surface area contributed by atoms with E-state index in [2.05, 4.69) is 53.5 Å². The number of aryl methyl sites for hydroxylation is 3. The molecule has 1 aliphatic heterocycles. The molecule has 27 heavy (non-hydrogen) atoms. The molecule has 0 spiro atoms. The molecule has 1 amide bonds. The summed E-state index contributed by atoms with van der Waals surface area (Å²) in [6, 6.07) is 14.5. The first-order valence-electron chi connectivity index (χ1n) is 9.79. The fraction of sp³-hybridized carbons (Fsp3) is 0.435. The molecule has 1 N–H and O–H groups in total. The zero-order chi connectivity index (χ0) is 19.2. The van der Waals surface area contributed by atoms with Crippen molar-refractivity contribution in [2.24, 2.45) is 0 Å². The number of morpholine rings is 1. The maximum absolute atomic E-state index is 12.5. The van der Waals surface area contributed by atoms with Gasteiger partial charge in [0, 0.05) is 31.7 Å². The summed E-state index contributed by atoms with van der Waals surface area (Å²) in [6.45, 7) is 10.4. The Balaban J connectivity index is 1.45. The van der Waals surface area contributed by atoms with Crippen LogP contribution in [0.3, 0.4) is 0 Å². The first-order valence-corrected chi connectivity index (χ1v) is 9.79. The lowest BCUT2D eigenvalue weighted by atomic mass is 9.99. The van der Waals surface area contributed by atoms with Crippen molar-refractivity contribution >= 4 is 5.91 Å². The van der Waals surface area contributed by atoms with Crippen LogP contribution in [-0.2, 0) is 4.74 Å². The van der Waals surface area contributed by atoms with Crippen molar-refractivity contribution < 1.29 is 9.53 Å². The van der Waals surface area contributed by atoms with Crippen molar-refractivity contribution in [3.8, 4) is 0 Å². The molecule has 1 aliphatic rings. The summed E-state index contributed by atoms with van der Waals surface area (Å²) in [5.41, 5.74) is 5.34. The van der Waals surface area contributed by atoms with Gasteiger partial charge < -0.3 is 10.1 Å². The van der Waals surface area contributed by atoms with Crippen molar-refractivity contribution in [2.75, 3.05) is 32.8 Å². The first-order chi connectivity index (χ1) is 13.0. The first kappa shape index (κ1) is 19.6. The summed E-state index contributed by atoms with van der Waals surface area (Å²) < 4.78 is 5.92. The molecule has 3 rings (SSSR count). The molecule has 144 valence electrons. The molecule has 0 saturated carbocycles. The maximum Gasteiger partial charge on any atom is 0.251 e. The molecule has 4 heteroatoms. The van der Waals surface area contributed by atoms with Crippen molar-refractivity contribution in [3.05, 3.63) is 70.3 Å². The minimum Gasteiger partial charge on any atom is -0.371 e. The van der Waals surface area contributed by atoms with Crippen LogP contribution < -0.4 is 5.32 Å². The fourth-order valence-electron chi connectivity index (χ4n) is 3.91. The van der Waals surface area contributed by atoms with Gasteiger partial charge in [0.1, 0.15) is 0 Å². The van der Waals surface area contributed by atoms with Gasteiger partial charge in [-0.2, -0.15) is 0 Å². The van der Waals surface area contributed by atoms with Crippen LogP contribution in [0.2, 0.25) is 0 Å². The minimum atomic E-state index is 0.0362.